The molecule has 0 atom stereocenters. The number of para-hydroxylation sites is 1. The topological polar surface area (TPSA) is 105 Å². The van der Waals surface area contributed by atoms with Crippen LogP contribution in [0.2, 0.25) is 0 Å². The summed E-state index contributed by atoms with van der Waals surface area (Å²) in [6.07, 6.45) is 1.87. The monoisotopic (exact) mass is 581 g/mol. The summed E-state index contributed by atoms with van der Waals surface area (Å²) in [6.45, 7) is 2.82. The van der Waals surface area contributed by atoms with Crippen molar-refractivity contribution in [1.82, 2.24) is 10.3 Å². The van der Waals surface area contributed by atoms with E-state index in [-0.39, 0.29) is 16.7 Å². The molecule has 9 nitrogen and oxygen atoms in total. The molecule has 0 saturated carbocycles. The summed E-state index contributed by atoms with van der Waals surface area (Å²) in [5.41, 5.74) is 1.66. The summed E-state index contributed by atoms with van der Waals surface area (Å²) in [6, 6.07) is 7.60. The number of aliphatic imine (C=N–C) groups is 1. The number of halogens is 3. The second-order valence-electron chi connectivity index (χ2n) is 8.19. The molecule has 2 aliphatic heterocycles. The summed E-state index contributed by atoms with van der Waals surface area (Å²) >= 11 is 7.58. The maximum Gasteiger partial charge on any atom is 0.267 e. The molecule has 2 aliphatic rings. The Hall–Kier alpha value is -3.26. The lowest BCUT2D eigenvalue weighted by molar-refractivity contribution is 0.122. The second kappa shape index (κ2) is 10.8. The van der Waals surface area contributed by atoms with Gasteiger partial charge in [0.15, 0.2) is 21.1 Å². The maximum atomic E-state index is 14.3. The fourth-order valence-corrected chi connectivity index (χ4v) is 6.59. The van der Waals surface area contributed by atoms with Gasteiger partial charge in [0.1, 0.15) is 11.6 Å². The third-order valence-corrected chi connectivity index (χ3v) is 8.59. The summed E-state index contributed by atoms with van der Waals surface area (Å²) in [4.78, 5) is 10.8. The average molecular weight is 582 g/mol. The van der Waals surface area contributed by atoms with Crippen molar-refractivity contribution < 1.29 is 26.7 Å². The molecule has 2 aromatic carbocycles. The molecular formula is C24H22ClF2N5O4S2. The van der Waals surface area contributed by atoms with Crippen LogP contribution in [0.15, 0.2) is 52.4 Å². The van der Waals surface area contributed by atoms with Gasteiger partial charge >= 0.3 is 0 Å². The first-order chi connectivity index (χ1) is 18.3. The highest BCUT2D eigenvalue weighted by Gasteiger charge is 2.28. The standard InChI is InChI=1S/C24H22ClF2N5O4S2/c1-35-20-14(4-2-7-17(20)31-38(33,34)22-15(26)5-3-6-16(22)27)19-21(18-8-9-28-23(25)29-18)37-24(30-19)32-10-12-36-13-11-32/h2-8,31H,9-13H2,1H3,(H,28,29). The zero-order chi connectivity index (χ0) is 26.9. The first-order valence-corrected chi connectivity index (χ1v) is 14.1. The third kappa shape index (κ3) is 5.19. The Balaban J connectivity index is 1.60. The van der Waals surface area contributed by atoms with Crippen LogP contribution in [-0.2, 0) is 14.8 Å². The zero-order valence-corrected chi connectivity index (χ0v) is 22.4. The van der Waals surface area contributed by atoms with Crippen LogP contribution in [0, 0.1) is 11.6 Å². The van der Waals surface area contributed by atoms with E-state index in [9.17, 15) is 17.2 Å². The van der Waals surface area contributed by atoms with Gasteiger partial charge in [0.05, 0.1) is 48.8 Å². The number of benzene rings is 2. The third-order valence-electron chi connectivity index (χ3n) is 5.81. The molecule has 2 N–H and O–H groups in total. The number of hydrogen-bond acceptors (Lipinski definition) is 9. The molecule has 5 rings (SSSR count). The largest absolute Gasteiger partial charge is 0.494 e. The molecule has 0 amide bonds. The molecular weight excluding hydrogens is 560 g/mol. The smallest absolute Gasteiger partial charge is 0.267 e. The van der Waals surface area contributed by atoms with E-state index < -0.39 is 26.6 Å². The second-order valence-corrected chi connectivity index (χ2v) is 11.1. The Labute approximate surface area is 226 Å². The number of rotatable bonds is 7. The molecule has 1 saturated heterocycles. The number of morpholine rings is 1. The zero-order valence-electron chi connectivity index (χ0n) is 20.0. The van der Waals surface area contributed by atoms with Crippen LogP contribution < -0.4 is 19.7 Å². The minimum Gasteiger partial charge on any atom is -0.494 e. The molecule has 1 fully saturated rings. The van der Waals surface area contributed by atoms with E-state index in [1.165, 1.54) is 24.5 Å². The Morgan fingerprint density at radius 3 is 2.55 bits per heavy atom. The van der Waals surface area contributed by atoms with Gasteiger partial charge in [0, 0.05) is 18.7 Å². The Morgan fingerprint density at radius 2 is 1.87 bits per heavy atom. The lowest BCUT2D eigenvalue weighted by atomic mass is 10.1. The molecule has 0 radical (unpaired) electrons. The van der Waals surface area contributed by atoms with Crippen molar-refractivity contribution >= 4 is 54.8 Å². The molecule has 0 spiro atoms. The molecule has 3 aromatic rings. The highest BCUT2D eigenvalue weighted by Crippen LogP contribution is 2.44. The quantitative estimate of drug-likeness (QED) is 0.401. The summed E-state index contributed by atoms with van der Waals surface area (Å²) in [5.74, 6) is -2.29. The Bertz CT molecular complexity index is 1520. The molecule has 0 bridgehead atoms. The Morgan fingerprint density at radius 1 is 1.16 bits per heavy atom. The molecule has 38 heavy (non-hydrogen) atoms. The number of nitrogens with zero attached hydrogens (tertiary/aromatic N) is 3. The number of hydrogen-bond donors (Lipinski definition) is 2. The number of ether oxygens (including phenoxy) is 2. The van der Waals surface area contributed by atoms with E-state index in [0.29, 0.717) is 49.8 Å². The Kier molecular flexibility index (Phi) is 7.52. The highest BCUT2D eigenvalue weighted by molar-refractivity contribution is 7.92. The van der Waals surface area contributed by atoms with Crippen molar-refractivity contribution in [3.05, 3.63) is 59.0 Å². The van der Waals surface area contributed by atoms with E-state index in [1.807, 2.05) is 6.08 Å². The molecule has 0 unspecified atom stereocenters. The first-order valence-electron chi connectivity index (χ1n) is 11.4. The van der Waals surface area contributed by atoms with Crippen LogP contribution in [0.5, 0.6) is 5.75 Å². The highest BCUT2D eigenvalue weighted by atomic mass is 35.5. The number of nitrogens with one attached hydrogen (secondary N) is 2. The summed E-state index contributed by atoms with van der Waals surface area (Å²) in [5, 5.41) is 4.02. The number of anilines is 2. The van der Waals surface area contributed by atoms with Crippen molar-refractivity contribution in [2.45, 2.75) is 4.90 Å². The SMILES string of the molecule is COc1c(NS(=O)(=O)c2c(F)cccc2F)cccc1-c1nc(N2CCOCC2)sc1C1=CCN=C(Cl)N1. The van der Waals surface area contributed by atoms with Gasteiger partial charge in [-0.3, -0.25) is 9.71 Å². The molecule has 0 aliphatic carbocycles. The molecule has 14 heteroatoms. The van der Waals surface area contributed by atoms with E-state index in [0.717, 1.165) is 28.2 Å². The predicted molar refractivity (Wildman–Crippen MR) is 144 cm³/mol. The van der Waals surface area contributed by atoms with E-state index in [1.54, 1.807) is 12.1 Å². The van der Waals surface area contributed by atoms with Crippen LogP contribution in [0.4, 0.5) is 19.6 Å². The van der Waals surface area contributed by atoms with Gasteiger partial charge in [0.2, 0.25) is 0 Å². The minimum absolute atomic E-state index is 0.00953. The van der Waals surface area contributed by atoms with Crippen LogP contribution in [0.1, 0.15) is 4.88 Å². The van der Waals surface area contributed by atoms with Crippen molar-refractivity contribution in [3.63, 3.8) is 0 Å². The van der Waals surface area contributed by atoms with Gasteiger partial charge in [-0.25, -0.2) is 22.2 Å². The van der Waals surface area contributed by atoms with Crippen LogP contribution in [0.25, 0.3) is 17.0 Å². The number of thiazole rings is 1. The normalized spacial score (nSPS) is 15.9. The fourth-order valence-electron chi connectivity index (χ4n) is 4.09. The van der Waals surface area contributed by atoms with Crippen molar-refractivity contribution in [3.8, 4) is 17.0 Å². The average Bonchev–Trinajstić information content (AvgIpc) is 3.34. The van der Waals surface area contributed by atoms with Gasteiger partial charge in [-0.05, 0) is 41.9 Å². The fraction of sp³-hybridized carbons (Fsp3) is 0.250. The summed E-state index contributed by atoms with van der Waals surface area (Å²) in [7, 11) is -3.26. The number of sulfonamides is 1. The van der Waals surface area contributed by atoms with Crippen LogP contribution in [-0.4, -0.2) is 58.7 Å². The van der Waals surface area contributed by atoms with Gasteiger partial charge in [-0.2, -0.15) is 0 Å². The lowest BCUT2D eigenvalue weighted by Crippen LogP contribution is -2.36. The first kappa shape index (κ1) is 26.4. The van der Waals surface area contributed by atoms with E-state index in [4.69, 9.17) is 26.1 Å². The number of aromatic nitrogens is 1. The molecule has 1 aromatic heterocycles. The summed E-state index contributed by atoms with van der Waals surface area (Å²) < 4.78 is 67.9. The van der Waals surface area contributed by atoms with Crippen molar-refractivity contribution in [2.75, 3.05) is 49.6 Å². The van der Waals surface area contributed by atoms with E-state index in [2.05, 4.69) is 19.9 Å². The molecule has 200 valence electrons. The van der Waals surface area contributed by atoms with Crippen molar-refractivity contribution in [1.29, 1.82) is 0 Å². The van der Waals surface area contributed by atoms with Gasteiger partial charge < -0.3 is 19.7 Å². The van der Waals surface area contributed by atoms with Crippen LogP contribution in [0.3, 0.4) is 0 Å². The number of methoxy groups -OCH3 is 1. The van der Waals surface area contributed by atoms with Gasteiger partial charge in [-0.1, -0.05) is 23.5 Å². The maximum absolute atomic E-state index is 14.3. The lowest BCUT2D eigenvalue weighted by Gasteiger charge is -2.26. The number of amidine groups is 1. The minimum atomic E-state index is -4.63. The van der Waals surface area contributed by atoms with Crippen molar-refractivity contribution in [2.24, 2.45) is 4.99 Å². The van der Waals surface area contributed by atoms with Gasteiger partial charge in [-0.15, -0.1) is 0 Å². The predicted octanol–water partition coefficient (Wildman–Crippen LogP) is 4.27. The van der Waals surface area contributed by atoms with E-state index >= 15 is 0 Å². The van der Waals surface area contributed by atoms with Crippen LogP contribution >= 0.6 is 22.9 Å². The van der Waals surface area contributed by atoms with Gasteiger partial charge in [0.25, 0.3) is 10.0 Å². The molecule has 3 heterocycles.